The number of nitrogens with one attached hydrogen (secondary N) is 1. The third kappa shape index (κ3) is 2.87. The maximum atomic E-state index is 5.61. The van der Waals surface area contributed by atoms with Gasteiger partial charge in [0.25, 0.3) is 0 Å². The lowest BCUT2D eigenvalue weighted by Crippen LogP contribution is -2.44. The van der Waals surface area contributed by atoms with Crippen molar-refractivity contribution in [2.24, 2.45) is 5.92 Å². The van der Waals surface area contributed by atoms with Crippen LogP contribution in [0.3, 0.4) is 0 Å². The fourth-order valence-electron chi connectivity index (χ4n) is 4.61. The molecule has 4 heteroatoms. The fourth-order valence-corrected chi connectivity index (χ4v) is 4.61. The minimum Gasteiger partial charge on any atom is -0.338 e. The molecule has 1 aromatic heterocycles. The van der Waals surface area contributed by atoms with Crippen LogP contribution in [0.4, 0.5) is 0 Å². The van der Waals surface area contributed by atoms with Crippen molar-refractivity contribution in [3.63, 3.8) is 0 Å². The van der Waals surface area contributed by atoms with Crippen molar-refractivity contribution < 1.29 is 4.52 Å². The number of aromatic nitrogens is 2. The maximum absolute atomic E-state index is 5.61. The molecule has 0 amide bonds. The van der Waals surface area contributed by atoms with Crippen LogP contribution in [-0.4, -0.2) is 16.2 Å². The Balaban J connectivity index is 1.43. The summed E-state index contributed by atoms with van der Waals surface area (Å²) in [5, 5.41) is 8.08. The molecule has 0 radical (unpaired) electrons. The molecule has 3 atom stereocenters. The number of piperidine rings is 1. The zero-order valence-corrected chi connectivity index (χ0v) is 12.9. The molecule has 116 valence electrons. The Morgan fingerprint density at radius 2 is 1.67 bits per heavy atom. The Labute approximate surface area is 127 Å². The quantitative estimate of drug-likeness (QED) is 0.890. The van der Waals surface area contributed by atoms with Crippen LogP contribution in [0, 0.1) is 5.92 Å². The van der Waals surface area contributed by atoms with E-state index in [-0.39, 0.29) is 0 Å². The van der Waals surface area contributed by atoms with Crippen molar-refractivity contribution in [3.05, 3.63) is 11.7 Å². The van der Waals surface area contributed by atoms with Gasteiger partial charge >= 0.3 is 0 Å². The van der Waals surface area contributed by atoms with Crippen molar-refractivity contribution in [3.8, 4) is 0 Å². The van der Waals surface area contributed by atoms with Crippen LogP contribution in [0.5, 0.6) is 0 Å². The Morgan fingerprint density at radius 3 is 2.57 bits per heavy atom. The molecule has 3 unspecified atom stereocenters. The minimum atomic E-state index is 0.300. The van der Waals surface area contributed by atoms with Gasteiger partial charge in [0.05, 0.1) is 6.04 Å². The summed E-state index contributed by atoms with van der Waals surface area (Å²) in [4.78, 5) is 4.75. The van der Waals surface area contributed by atoms with Crippen molar-refractivity contribution in [2.75, 3.05) is 0 Å². The first-order chi connectivity index (χ1) is 10.4. The van der Waals surface area contributed by atoms with Crippen LogP contribution in [0.1, 0.15) is 94.3 Å². The molecule has 2 saturated carbocycles. The van der Waals surface area contributed by atoms with Gasteiger partial charge in [-0.1, -0.05) is 37.3 Å². The van der Waals surface area contributed by atoms with E-state index < -0.39 is 0 Å². The van der Waals surface area contributed by atoms with E-state index in [2.05, 4.69) is 10.5 Å². The van der Waals surface area contributed by atoms with Gasteiger partial charge in [0.2, 0.25) is 5.89 Å². The van der Waals surface area contributed by atoms with E-state index >= 15 is 0 Å². The van der Waals surface area contributed by atoms with E-state index in [0.717, 1.165) is 24.1 Å². The highest BCUT2D eigenvalue weighted by Gasteiger charge is 2.34. The molecular formula is C17H27N3O. The van der Waals surface area contributed by atoms with Gasteiger partial charge in [-0.05, 0) is 44.4 Å². The van der Waals surface area contributed by atoms with Crippen LogP contribution < -0.4 is 5.32 Å². The van der Waals surface area contributed by atoms with Crippen LogP contribution in [0.15, 0.2) is 4.52 Å². The van der Waals surface area contributed by atoms with E-state index in [1.807, 2.05) is 0 Å². The summed E-state index contributed by atoms with van der Waals surface area (Å²) in [7, 11) is 0. The van der Waals surface area contributed by atoms with Gasteiger partial charge in [0, 0.05) is 12.0 Å². The monoisotopic (exact) mass is 289 g/mol. The topological polar surface area (TPSA) is 51.0 Å². The van der Waals surface area contributed by atoms with Crippen molar-refractivity contribution >= 4 is 0 Å². The first-order valence-corrected chi connectivity index (χ1v) is 9.00. The highest BCUT2D eigenvalue weighted by atomic mass is 16.5. The third-order valence-corrected chi connectivity index (χ3v) is 5.88. The lowest BCUT2D eigenvalue weighted by atomic mass is 9.78. The molecule has 21 heavy (non-hydrogen) atoms. The number of hydrogen-bond donors (Lipinski definition) is 1. The Morgan fingerprint density at radius 1 is 0.857 bits per heavy atom. The summed E-state index contributed by atoms with van der Waals surface area (Å²) in [6, 6.07) is 0.983. The maximum Gasteiger partial charge on any atom is 0.243 e. The molecule has 3 aliphatic rings. The molecular weight excluding hydrogens is 262 g/mol. The standard InChI is InChI=1S/C17H27N3O/c1-2-7-13(8-3-1)16-19-17(21-20-16)15-11-10-12-6-4-5-9-14(12)18-15/h12-15,18H,1-11H2. The Hall–Kier alpha value is -0.900. The lowest BCUT2D eigenvalue weighted by molar-refractivity contribution is 0.158. The Kier molecular flexibility index (Phi) is 3.97. The predicted molar refractivity (Wildman–Crippen MR) is 81.0 cm³/mol. The molecule has 0 aromatic carbocycles. The summed E-state index contributed by atoms with van der Waals surface area (Å²) in [5.74, 6) is 3.25. The molecule has 1 saturated heterocycles. The largest absolute Gasteiger partial charge is 0.338 e. The van der Waals surface area contributed by atoms with Gasteiger partial charge in [-0.3, -0.25) is 0 Å². The molecule has 2 heterocycles. The smallest absolute Gasteiger partial charge is 0.243 e. The van der Waals surface area contributed by atoms with Crippen LogP contribution >= 0.6 is 0 Å². The summed E-state index contributed by atoms with van der Waals surface area (Å²) in [6.45, 7) is 0. The lowest BCUT2D eigenvalue weighted by Gasteiger charge is -2.39. The zero-order valence-electron chi connectivity index (χ0n) is 12.9. The normalized spacial score (nSPS) is 34.6. The molecule has 0 spiro atoms. The predicted octanol–water partition coefficient (Wildman–Crippen LogP) is 4.10. The van der Waals surface area contributed by atoms with Gasteiger partial charge in [0.15, 0.2) is 5.82 Å². The molecule has 4 nitrogen and oxygen atoms in total. The summed E-state index contributed by atoms with van der Waals surface area (Å²) in [5.41, 5.74) is 0. The molecule has 4 rings (SSSR count). The highest BCUT2D eigenvalue weighted by molar-refractivity contribution is 5.02. The van der Waals surface area contributed by atoms with E-state index in [1.54, 1.807) is 0 Å². The fraction of sp³-hybridized carbons (Fsp3) is 0.882. The number of hydrogen-bond acceptors (Lipinski definition) is 4. The Bertz CT molecular complexity index is 466. The first-order valence-electron chi connectivity index (χ1n) is 9.00. The zero-order chi connectivity index (χ0) is 14.1. The van der Waals surface area contributed by atoms with E-state index in [1.165, 1.54) is 64.2 Å². The average Bonchev–Trinajstić information content (AvgIpc) is 3.05. The van der Waals surface area contributed by atoms with Gasteiger partial charge in [-0.25, -0.2) is 0 Å². The molecule has 0 bridgehead atoms. The highest BCUT2D eigenvalue weighted by Crippen LogP contribution is 2.37. The summed E-state index contributed by atoms with van der Waals surface area (Å²) < 4.78 is 5.61. The van der Waals surface area contributed by atoms with Crippen LogP contribution in [-0.2, 0) is 0 Å². The molecule has 2 aliphatic carbocycles. The second-order valence-electron chi connectivity index (χ2n) is 7.27. The van der Waals surface area contributed by atoms with Gasteiger partial charge < -0.3 is 9.84 Å². The van der Waals surface area contributed by atoms with Gasteiger partial charge in [-0.15, -0.1) is 0 Å². The number of fused-ring (bicyclic) bond motifs is 1. The van der Waals surface area contributed by atoms with Crippen LogP contribution in [0.25, 0.3) is 0 Å². The molecule has 1 aromatic rings. The van der Waals surface area contributed by atoms with Crippen molar-refractivity contribution in [1.29, 1.82) is 0 Å². The van der Waals surface area contributed by atoms with Crippen LogP contribution in [0.2, 0.25) is 0 Å². The van der Waals surface area contributed by atoms with Gasteiger partial charge in [0.1, 0.15) is 0 Å². The summed E-state index contributed by atoms with van der Waals surface area (Å²) in [6.07, 6.45) is 14.5. The summed E-state index contributed by atoms with van der Waals surface area (Å²) >= 11 is 0. The third-order valence-electron chi connectivity index (χ3n) is 5.88. The number of nitrogens with zero attached hydrogens (tertiary/aromatic N) is 2. The van der Waals surface area contributed by atoms with E-state index in [0.29, 0.717) is 18.0 Å². The van der Waals surface area contributed by atoms with Crippen molar-refractivity contribution in [2.45, 2.75) is 88.6 Å². The van der Waals surface area contributed by atoms with E-state index in [4.69, 9.17) is 9.51 Å². The second-order valence-corrected chi connectivity index (χ2v) is 7.27. The van der Waals surface area contributed by atoms with E-state index in [9.17, 15) is 0 Å². The molecule has 1 aliphatic heterocycles. The minimum absolute atomic E-state index is 0.300. The number of rotatable bonds is 2. The SMILES string of the molecule is C1CCC(c2noc(C3CCC4CCCCC4N3)n2)CC1. The average molecular weight is 289 g/mol. The molecule has 1 N–H and O–H groups in total. The first kappa shape index (κ1) is 13.7. The molecule has 3 fully saturated rings. The van der Waals surface area contributed by atoms with Gasteiger partial charge in [-0.2, -0.15) is 4.98 Å². The van der Waals surface area contributed by atoms with Crippen molar-refractivity contribution in [1.82, 2.24) is 15.5 Å². The second kappa shape index (κ2) is 6.07.